The molecule has 0 saturated carbocycles. The number of nitrogens with one attached hydrogen (secondary N) is 1. The van der Waals surface area contributed by atoms with E-state index >= 15 is 0 Å². The van der Waals surface area contributed by atoms with Crippen LogP contribution in [0.4, 0.5) is 4.79 Å². The van der Waals surface area contributed by atoms with Crippen molar-refractivity contribution in [2.24, 2.45) is 0 Å². The molecule has 2 aliphatic heterocycles. The van der Waals surface area contributed by atoms with E-state index in [1.54, 1.807) is 30.3 Å². The van der Waals surface area contributed by atoms with E-state index < -0.39 is 29.7 Å². The maximum Gasteiger partial charge on any atom is 0.404 e. The van der Waals surface area contributed by atoms with Crippen LogP contribution in [0.3, 0.4) is 0 Å². The molecule has 190 valence electrons. The third kappa shape index (κ3) is 4.26. The summed E-state index contributed by atoms with van der Waals surface area (Å²) in [7, 11) is 0. The number of benzene rings is 3. The summed E-state index contributed by atoms with van der Waals surface area (Å²) in [5.41, 5.74) is 1.07. The van der Waals surface area contributed by atoms with Crippen LogP contribution in [0.1, 0.15) is 51.9 Å². The number of hydrogen-bond donors (Lipinski definition) is 5. The van der Waals surface area contributed by atoms with Crippen molar-refractivity contribution in [3.8, 4) is 23.0 Å². The Labute approximate surface area is 210 Å². The summed E-state index contributed by atoms with van der Waals surface area (Å²) in [6.45, 7) is 0. The minimum atomic E-state index is -1.42. The largest absolute Gasteiger partial charge is 0.508 e. The van der Waals surface area contributed by atoms with Gasteiger partial charge >= 0.3 is 18.0 Å². The van der Waals surface area contributed by atoms with Gasteiger partial charge in [0.1, 0.15) is 23.0 Å². The Hall–Kier alpha value is -4.73. The summed E-state index contributed by atoms with van der Waals surface area (Å²) in [5.74, 6) is -1.13. The van der Waals surface area contributed by atoms with E-state index in [1.807, 2.05) is 0 Å². The Morgan fingerprint density at radius 1 is 0.892 bits per heavy atom. The highest BCUT2D eigenvalue weighted by Crippen LogP contribution is 2.57. The summed E-state index contributed by atoms with van der Waals surface area (Å²) in [6.07, 6.45) is -0.440. The molecular formula is C27H23NO9. The molecule has 1 spiro atoms. The summed E-state index contributed by atoms with van der Waals surface area (Å²) >= 11 is 0. The van der Waals surface area contributed by atoms with E-state index in [0.29, 0.717) is 40.7 Å². The van der Waals surface area contributed by atoms with Gasteiger partial charge in [-0.2, -0.15) is 0 Å². The highest BCUT2D eigenvalue weighted by molar-refractivity contribution is 5.97. The zero-order valence-electron chi connectivity index (χ0n) is 19.4. The molecule has 37 heavy (non-hydrogen) atoms. The minimum absolute atomic E-state index is 0.0558. The van der Waals surface area contributed by atoms with E-state index in [4.69, 9.17) is 14.6 Å². The molecule has 5 rings (SSSR count). The molecule has 1 amide bonds. The molecule has 2 heterocycles. The lowest BCUT2D eigenvalue weighted by atomic mass is 9.77. The molecule has 0 bridgehead atoms. The second-order valence-corrected chi connectivity index (χ2v) is 9.05. The maximum atomic E-state index is 13.1. The molecule has 5 N–H and O–H groups in total. The number of carboxylic acids is 1. The molecule has 1 unspecified atom stereocenters. The first kappa shape index (κ1) is 24.0. The fraction of sp³-hybridized carbons (Fsp3) is 0.222. The summed E-state index contributed by atoms with van der Waals surface area (Å²) in [6, 6.07) is 13.5. The Kier molecular flexibility index (Phi) is 5.87. The van der Waals surface area contributed by atoms with Crippen LogP contribution in [-0.4, -0.2) is 44.5 Å². The standard InChI is InChI=1S/C27H23NO9/c29-16-5-8-19-22(12-16)36-23-13-17(30)6-9-20(23)27(19)21-11-14(4-7-18(21)25(33)37-27)10-15(28-26(34)35)2-1-3-24(31)32/h4-9,11-13,15,28-30H,1-3,10H2,(H,31,32)(H,34,35). The van der Waals surface area contributed by atoms with Crippen molar-refractivity contribution in [3.05, 3.63) is 82.4 Å². The molecule has 1 atom stereocenters. The van der Waals surface area contributed by atoms with Crippen molar-refractivity contribution in [2.75, 3.05) is 0 Å². The van der Waals surface area contributed by atoms with E-state index in [9.17, 15) is 29.7 Å². The molecule has 10 heteroatoms. The fourth-order valence-corrected chi connectivity index (χ4v) is 5.06. The molecule has 0 aliphatic carbocycles. The van der Waals surface area contributed by atoms with Crippen LogP contribution in [0.25, 0.3) is 0 Å². The predicted octanol–water partition coefficient (Wildman–Crippen LogP) is 4.10. The van der Waals surface area contributed by atoms with Gasteiger partial charge in [0.15, 0.2) is 5.60 Å². The van der Waals surface area contributed by atoms with E-state index in [1.165, 1.54) is 24.3 Å². The summed E-state index contributed by atoms with van der Waals surface area (Å²) in [5, 5.41) is 40.8. The average molecular weight is 505 g/mol. The van der Waals surface area contributed by atoms with Crippen molar-refractivity contribution < 1.29 is 44.3 Å². The molecule has 2 aliphatic rings. The lowest BCUT2D eigenvalue weighted by Crippen LogP contribution is -2.35. The first-order valence-electron chi connectivity index (χ1n) is 11.6. The Morgan fingerprint density at radius 2 is 1.54 bits per heavy atom. The second-order valence-electron chi connectivity index (χ2n) is 9.05. The number of hydrogen-bond acceptors (Lipinski definition) is 7. The third-order valence-electron chi connectivity index (χ3n) is 6.59. The number of rotatable bonds is 7. The highest BCUT2D eigenvalue weighted by atomic mass is 16.6. The van der Waals surface area contributed by atoms with Gasteiger partial charge in [0, 0.05) is 41.3 Å². The molecule has 0 saturated heterocycles. The van der Waals surface area contributed by atoms with Gasteiger partial charge in [0.25, 0.3) is 0 Å². The van der Waals surface area contributed by atoms with Crippen LogP contribution < -0.4 is 10.1 Å². The third-order valence-corrected chi connectivity index (χ3v) is 6.59. The number of ether oxygens (including phenoxy) is 2. The van der Waals surface area contributed by atoms with Crippen LogP contribution in [0, 0.1) is 0 Å². The molecule has 3 aromatic carbocycles. The summed E-state index contributed by atoms with van der Waals surface area (Å²) in [4.78, 5) is 35.3. The fourth-order valence-electron chi connectivity index (χ4n) is 5.06. The van der Waals surface area contributed by atoms with Crippen LogP contribution in [0.5, 0.6) is 23.0 Å². The van der Waals surface area contributed by atoms with Gasteiger partial charge in [0.2, 0.25) is 0 Å². The quantitative estimate of drug-likeness (QED) is 0.298. The van der Waals surface area contributed by atoms with Crippen molar-refractivity contribution in [1.29, 1.82) is 0 Å². The first-order chi connectivity index (χ1) is 17.7. The monoisotopic (exact) mass is 505 g/mol. The number of phenols is 2. The number of fused-ring (bicyclic) bond motifs is 6. The predicted molar refractivity (Wildman–Crippen MR) is 128 cm³/mol. The Bertz CT molecular complexity index is 1380. The molecule has 0 aromatic heterocycles. The number of phenolic OH excluding ortho intramolecular Hbond substituents is 2. The van der Waals surface area contributed by atoms with Crippen LogP contribution in [0.15, 0.2) is 54.6 Å². The Morgan fingerprint density at radius 3 is 2.14 bits per heavy atom. The van der Waals surface area contributed by atoms with Crippen molar-refractivity contribution in [2.45, 2.75) is 37.3 Å². The van der Waals surface area contributed by atoms with Gasteiger partial charge in [-0.1, -0.05) is 12.1 Å². The van der Waals surface area contributed by atoms with Crippen molar-refractivity contribution >= 4 is 18.0 Å². The van der Waals surface area contributed by atoms with Gasteiger partial charge < -0.3 is 35.2 Å². The molecular weight excluding hydrogens is 482 g/mol. The zero-order chi connectivity index (χ0) is 26.3. The van der Waals surface area contributed by atoms with Gasteiger partial charge in [-0.15, -0.1) is 0 Å². The number of carbonyl (C=O) groups is 3. The number of esters is 1. The van der Waals surface area contributed by atoms with Crippen molar-refractivity contribution in [1.82, 2.24) is 5.32 Å². The van der Waals surface area contributed by atoms with E-state index in [0.717, 1.165) is 0 Å². The van der Waals surface area contributed by atoms with E-state index in [2.05, 4.69) is 5.32 Å². The zero-order valence-corrected chi connectivity index (χ0v) is 19.4. The molecule has 0 radical (unpaired) electrons. The van der Waals surface area contributed by atoms with Gasteiger partial charge in [-0.25, -0.2) is 9.59 Å². The molecule has 3 aromatic rings. The number of carbonyl (C=O) groups excluding carboxylic acids is 1. The van der Waals surface area contributed by atoms with Crippen LogP contribution >= 0.6 is 0 Å². The lowest BCUT2D eigenvalue weighted by molar-refractivity contribution is -0.137. The smallest absolute Gasteiger partial charge is 0.404 e. The van der Waals surface area contributed by atoms with Crippen LogP contribution in [0.2, 0.25) is 0 Å². The van der Waals surface area contributed by atoms with Crippen LogP contribution in [-0.2, 0) is 21.6 Å². The highest BCUT2D eigenvalue weighted by Gasteiger charge is 2.53. The maximum absolute atomic E-state index is 13.1. The summed E-state index contributed by atoms with van der Waals surface area (Å²) < 4.78 is 12.0. The second kappa shape index (κ2) is 9.05. The minimum Gasteiger partial charge on any atom is -0.508 e. The van der Waals surface area contributed by atoms with Gasteiger partial charge in [0.05, 0.1) is 5.56 Å². The van der Waals surface area contributed by atoms with E-state index in [-0.39, 0.29) is 35.8 Å². The average Bonchev–Trinajstić information content (AvgIpc) is 3.10. The normalized spacial score (nSPS) is 15.1. The number of carboxylic acid groups (broad SMARTS) is 2. The molecule has 0 fully saturated rings. The van der Waals surface area contributed by atoms with Gasteiger partial charge in [-0.05, 0) is 55.2 Å². The topological polar surface area (TPSA) is 163 Å². The number of aliphatic carboxylic acids is 1. The first-order valence-corrected chi connectivity index (χ1v) is 11.6. The van der Waals surface area contributed by atoms with Gasteiger partial charge in [-0.3, -0.25) is 4.79 Å². The Balaban J connectivity index is 1.60. The molecule has 10 nitrogen and oxygen atoms in total. The number of aromatic hydroxyl groups is 2. The van der Waals surface area contributed by atoms with Crippen molar-refractivity contribution in [3.63, 3.8) is 0 Å². The SMILES string of the molecule is O=C(O)CCCC(Cc1ccc2c(c1)C1(OC2=O)c2ccc(O)cc2Oc2cc(O)ccc21)NC(=O)O. The number of amides is 1. The lowest BCUT2D eigenvalue weighted by Gasteiger charge is -2.36.